The van der Waals surface area contributed by atoms with Gasteiger partial charge in [0.15, 0.2) is 0 Å². The highest BCUT2D eigenvalue weighted by atomic mass is 32.1. The van der Waals surface area contributed by atoms with Crippen LogP contribution in [0.15, 0.2) is 52.9 Å². The van der Waals surface area contributed by atoms with Gasteiger partial charge in [-0.25, -0.2) is 4.98 Å². The van der Waals surface area contributed by atoms with Gasteiger partial charge in [0.2, 0.25) is 17.7 Å². The van der Waals surface area contributed by atoms with Crippen LogP contribution >= 0.6 is 11.3 Å². The molecule has 1 saturated heterocycles. The molecule has 0 unspecified atom stereocenters. The van der Waals surface area contributed by atoms with Gasteiger partial charge in [0, 0.05) is 37.4 Å². The number of thiazole rings is 1. The summed E-state index contributed by atoms with van der Waals surface area (Å²) in [4.78, 5) is 19.6. The molecule has 1 atom stereocenters. The van der Waals surface area contributed by atoms with E-state index >= 15 is 0 Å². The molecule has 0 bridgehead atoms. The molecule has 1 fully saturated rings. The van der Waals surface area contributed by atoms with Crippen molar-refractivity contribution < 1.29 is 9.21 Å². The van der Waals surface area contributed by atoms with Gasteiger partial charge in [-0.3, -0.25) is 4.79 Å². The van der Waals surface area contributed by atoms with Crippen molar-refractivity contribution in [2.45, 2.75) is 38.5 Å². The third-order valence-electron chi connectivity index (χ3n) is 5.75. The molecule has 0 aliphatic carbocycles. The molecule has 1 aliphatic rings. The second-order valence-corrected chi connectivity index (χ2v) is 9.13. The lowest BCUT2D eigenvalue weighted by molar-refractivity contribution is -0.132. The molecule has 2 aromatic heterocycles. The molecule has 31 heavy (non-hydrogen) atoms. The van der Waals surface area contributed by atoms with E-state index in [0.29, 0.717) is 30.5 Å². The zero-order valence-electron chi connectivity index (χ0n) is 17.5. The van der Waals surface area contributed by atoms with Crippen molar-refractivity contribution in [3.63, 3.8) is 0 Å². The minimum atomic E-state index is 0.140. The zero-order chi connectivity index (χ0) is 21.2. The molecule has 5 rings (SSSR count). The average molecular weight is 433 g/mol. The number of aryl methyl sites for hydroxylation is 2. The Morgan fingerprint density at radius 3 is 2.84 bits per heavy atom. The van der Waals surface area contributed by atoms with Crippen LogP contribution in [-0.2, 0) is 11.2 Å². The Bertz CT molecular complexity index is 1160. The molecule has 4 aromatic rings. The summed E-state index contributed by atoms with van der Waals surface area (Å²) < 4.78 is 6.98. The molecule has 0 radical (unpaired) electrons. The maximum Gasteiger partial charge on any atom is 0.247 e. The van der Waals surface area contributed by atoms with E-state index in [0.717, 1.165) is 42.0 Å². The van der Waals surface area contributed by atoms with E-state index in [1.54, 1.807) is 11.3 Å². The van der Waals surface area contributed by atoms with E-state index in [-0.39, 0.29) is 5.91 Å². The highest BCUT2D eigenvalue weighted by Gasteiger charge is 2.27. The number of likely N-dealkylation sites (tertiary alicyclic amines) is 1. The molecule has 0 spiro atoms. The van der Waals surface area contributed by atoms with Gasteiger partial charge < -0.3 is 9.32 Å². The number of rotatable bonds is 5. The van der Waals surface area contributed by atoms with Crippen LogP contribution in [-0.4, -0.2) is 39.1 Å². The number of carbonyl (C=O) groups excluding carboxylic acids is 1. The highest BCUT2D eigenvalue weighted by molar-refractivity contribution is 7.18. The van der Waals surface area contributed by atoms with E-state index in [9.17, 15) is 4.79 Å². The molecule has 0 N–H and O–H groups in total. The quantitative estimate of drug-likeness (QED) is 0.444. The number of carbonyl (C=O) groups is 1. The molecule has 7 heteroatoms. The molecular formula is C24H24N4O2S. The van der Waals surface area contributed by atoms with Crippen molar-refractivity contribution in [2.75, 3.05) is 13.1 Å². The third-order valence-corrected chi connectivity index (χ3v) is 6.95. The summed E-state index contributed by atoms with van der Waals surface area (Å²) in [6, 6.07) is 16.2. The maximum atomic E-state index is 12.9. The molecule has 1 amide bonds. The van der Waals surface area contributed by atoms with Crippen molar-refractivity contribution in [1.82, 2.24) is 20.1 Å². The average Bonchev–Trinajstić information content (AvgIpc) is 3.45. The molecular weight excluding hydrogens is 408 g/mol. The summed E-state index contributed by atoms with van der Waals surface area (Å²) in [7, 11) is 0. The predicted molar refractivity (Wildman–Crippen MR) is 121 cm³/mol. The van der Waals surface area contributed by atoms with Crippen molar-refractivity contribution in [2.24, 2.45) is 0 Å². The monoisotopic (exact) mass is 432 g/mol. The zero-order valence-corrected chi connectivity index (χ0v) is 18.3. The largest absolute Gasteiger partial charge is 0.421 e. The molecule has 1 aliphatic heterocycles. The van der Waals surface area contributed by atoms with Gasteiger partial charge in [-0.2, -0.15) is 0 Å². The van der Waals surface area contributed by atoms with E-state index in [2.05, 4.69) is 22.3 Å². The Morgan fingerprint density at radius 2 is 2.00 bits per heavy atom. The van der Waals surface area contributed by atoms with E-state index in [1.165, 1.54) is 10.3 Å². The van der Waals surface area contributed by atoms with Gasteiger partial charge in [-0.1, -0.05) is 29.8 Å². The predicted octanol–water partition coefficient (Wildman–Crippen LogP) is 4.99. The van der Waals surface area contributed by atoms with Crippen LogP contribution < -0.4 is 0 Å². The van der Waals surface area contributed by atoms with Crippen molar-refractivity contribution in [1.29, 1.82) is 0 Å². The van der Waals surface area contributed by atoms with Crippen LogP contribution in [0.1, 0.15) is 41.6 Å². The van der Waals surface area contributed by atoms with E-state index in [1.807, 2.05) is 48.2 Å². The smallest absolute Gasteiger partial charge is 0.247 e. The topological polar surface area (TPSA) is 72.1 Å². The van der Waals surface area contributed by atoms with Crippen LogP contribution in [0.2, 0.25) is 0 Å². The normalized spacial score (nSPS) is 16.7. The van der Waals surface area contributed by atoms with Crippen LogP contribution in [0.3, 0.4) is 0 Å². The lowest BCUT2D eigenvalue weighted by Gasteiger charge is -2.31. The first-order chi connectivity index (χ1) is 15.2. The van der Waals surface area contributed by atoms with Gasteiger partial charge in [-0.15, -0.1) is 21.5 Å². The number of hydrogen-bond donors (Lipinski definition) is 0. The SMILES string of the molecule is Cc1ccc(-c2nnc(CCC(=O)N3CCC[C@H](c4nc5ccccc5s4)C3)o2)cc1. The summed E-state index contributed by atoms with van der Waals surface area (Å²) in [6.45, 7) is 3.58. The first kappa shape index (κ1) is 19.9. The Morgan fingerprint density at radius 1 is 1.16 bits per heavy atom. The third kappa shape index (κ3) is 4.37. The Hall–Kier alpha value is -3.06. The van der Waals surface area contributed by atoms with Crippen LogP contribution in [0.5, 0.6) is 0 Å². The maximum absolute atomic E-state index is 12.9. The number of piperidine rings is 1. The van der Waals surface area contributed by atoms with Gasteiger partial charge in [-0.05, 0) is 44.0 Å². The van der Waals surface area contributed by atoms with E-state index < -0.39 is 0 Å². The number of hydrogen-bond acceptors (Lipinski definition) is 6. The van der Waals surface area contributed by atoms with Crippen molar-refractivity contribution >= 4 is 27.5 Å². The number of fused-ring (bicyclic) bond motifs is 1. The molecule has 0 saturated carbocycles. The lowest BCUT2D eigenvalue weighted by atomic mass is 9.98. The number of benzene rings is 2. The van der Waals surface area contributed by atoms with Crippen LogP contribution in [0, 0.1) is 6.92 Å². The molecule has 3 heterocycles. The van der Waals surface area contributed by atoms with Crippen LogP contribution in [0.4, 0.5) is 0 Å². The lowest BCUT2D eigenvalue weighted by Crippen LogP contribution is -2.39. The molecule has 2 aromatic carbocycles. The number of para-hydroxylation sites is 1. The Balaban J connectivity index is 1.20. The first-order valence-corrected chi connectivity index (χ1v) is 11.5. The fraction of sp³-hybridized carbons (Fsp3) is 0.333. The van der Waals surface area contributed by atoms with Crippen molar-refractivity contribution in [3.05, 3.63) is 65.0 Å². The summed E-state index contributed by atoms with van der Waals surface area (Å²) >= 11 is 1.75. The van der Waals surface area contributed by atoms with Gasteiger partial charge in [0.05, 0.1) is 15.2 Å². The minimum Gasteiger partial charge on any atom is -0.421 e. The fourth-order valence-electron chi connectivity index (χ4n) is 4.01. The Labute approximate surface area is 184 Å². The van der Waals surface area contributed by atoms with Gasteiger partial charge in [0.25, 0.3) is 0 Å². The second-order valence-electron chi connectivity index (χ2n) is 8.07. The van der Waals surface area contributed by atoms with E-state index in [4.69, 9.17) is 9.40 Å². The molecule has 6 nitrogen and oxygen atoms in total. The molecule has 158 valence electrons. The summed E-state index contributed by atoms with van der Waals surface area (Å²) in [5, 5.41) is 9.39. The standard InChI is InChI=1S/C24H24N4O2S/c1-16-8-10-17(11-9-16)23-27-26-21(30-23)12-13-22(29)28-14-4-5-18(15-28)24-25-19-6-2-3-7-20(19)31-24/h2-3,6-11,18H,4-5,12-15H2,1H3/t18-/m0/s1. The number of amides is 1. The Kier molecular flexibility index (Phi) is 5.51. The summed E-state index contributed by atoms with van der Waals surface area (Å²) in [6.07, 6.45) is 2.92. The summed E-state index contributed by atoms with van der Waals surface area (Å²) in [5.74, 6) is 1.45. The highest BCUT2D eigenvalue weighted by Crippen LogP contribution is 2.33. The van der Waals surface area contributed by atoms with Gasteiger partial charge in [0.1, 0.15) is 0 Å². The first-order valence-electron chi connectivity index (χ1n) is 10.7. The second kappa shape index (κ2) is 8.59. The van der Waals surface area contributed by atoms with Crippen molar-refractivity contribution in [3.8, 4) is 11.5 Å². The number of nitrogens with zero attached hydrogens (tertiary/aromatic N) is 4. The fourth-order valence-corrected chi connectivity index (χ4v) is 5.10. The van der Waals surface area contributed by atoms with Gasteiger partial charge >= 0.3 is 0 Å². The minimum absolute atomic E-state index is 0.140. The van der Waals surface area contributed by atoms with Crippen LogP contribution in [0.25, 0.3) is 21.7 Å². The summed E-state index contributed by atoms with van der Waals surface area (Å²) in [5.41, 5.74) is 3.12. The number of aromatic nitrogens is 3.